The molecule has 0 heterocycles. The molecule has 2 atom stereocenters. The molecule has 1 rings (SSSR count). The number of likely N-dealkylation sites (N-methyl/N-ethyl adjacent to an activating group) is 3. The van der Waals surface area contributed by atoms with Crippen LogP contribution in [0.4, 0.5) is 0 Å². The van der Waals surface area contributed by atoms with Gasteiger partial charge in [0.15, 0.2) is 0 Å². The van der Waals surface area contributed by atoms with Crippen LogP contribution in [0.1, 0.15) is 20.3 Å². The SMILES string of the molecule is CNC1C(CC(C)C)C1(NC)NC. The Morgan fingerprint density at radius 2 is 1.69 bits per heavy atom. The third-order valence-corrected chi connectivity index (χ3v) is 3.23. The molecule has 0 spiro atoms. The van der Waals surface area contributed by atoms with E-state index < -0.39 is 0 Å². The summed E-state index contributed by atoms with van der Waals surface area (Å²) in [6.07, 6.45) is 1.27. The molecule has 0 radical (unpaired) electrons. The quantitative estimate of drug-likeness (QED) is 0.542. The average molecular weight is 185 g/mol. The van der Waals surface area contributed by atoms with Crippen LogP contribution in [0, 0.1) is 11.8 Å². The van der Waals surface area contributed by atoms with Gasteiger partial charge in [-0.1, -0.05) is 13.8 Å². The molecule has 2 unspecified atom stereocenters. The molecule has 1 saturated carbocycles. The predicted molar refractivity (Wildman–Crippen MR) is 56.6 cm³/mol. The molecule has 78 valence electrons. The highest BCUT2D eigenvalue weighted by Gasteiger charge is 2.62. The van der Waals surface area contributed by atoms with Crippen molar-refractivity contribution < 1.29 is 0 Å². The third-order valence-electron chi connectivity index (χ3n) is 3.23. The van der Waals surface area contributed by atoms with E-state index in [9.17, 15) is 0 Å². The lowest BCUT2D eigenvalue weighted by molar-refractivity contribution is 0.393. The van der Waals surface area contributed by atoms with Crippen LogP contribution in [0.15, 0.2) is 0 Å². The average Bonchev–Trinajstić information content (AvgIpc) is 2.71. The summed E-state index contributed by atoms with van der Waals surface area (Å²) in [5.41, 5.74) is 0.138. The van der Waals surface area contributed by atoms with Crippen LogP contribution in [0.2, 0.25) is 0 Å². The fraction of sp³-hybridized carbons (Fsp3) is 1.00. The summed E-state index contributed by atoms with van der Waals surface area (Å²) in [4.78, 5) is 0. The van der Waals surface area contributed by atoms with Gasteiger partial charge in [-0.2, -0.15) is 0 Å². The van der Waals surface area contributed by atoms with Gasteiger partial charge in [0, 0.05) is 12.0 Å². The van der Waals surface area contributed by atoms with E-state index in [1.165, 1.54) is 6.42 Å². The molecule has 13 heavy (non-hydrogen) atoms. The lowest BCUT2D eigenvalue weighted by Gasteiger charge is -2.16. The molecule has 0 saturated heterocycles. The van der Waals surface area contributed by atoms with Crippen LogP contribution < -0.4 is 16.0 Å². The van der Waals surface area contributed by atoms with Gasteiger partial charge in [-0.3, -0.25) is 0 Å². The summed E-state index contributed by atoms with van der Waals surface area (Å²) < 4.78 is 0. The van der Waals surface area contributed by atoms with E-state index in [0.717, 1.165) is 5.92 Å². The minimum Gasteiger partial charge on any atom is -0.314 e. The first-order chi connectivity index (χ1) is 6.12. The summed E-state index contributed by atoms with van der Waals surface area (Å²) in [5.74, 6) is 1.48. The zero-order valence-electron chi connectivity index (χ0n) is 9.44. The molecule has 0 amide bonds. The summed E-state index contributed by atoms with van der Waals surface area (Å²) in [7, 11) is 6.09. The predicted octanol–water partition coefficient (Wildman–Crippen LogP) is 0.385. The second kappa shape index (κ2) is 3.95. The van der Waals surface area contributed by atoms with E-state index >= 15 is 0 Å². The molecule has 0 aromatic rings. The fourth-order valence-electron chi connectivity index (χ4n) is 2.53. The highest BCUT2D eigenvalue weighted by Crippen LogP contribution is 2.44. The van der Waals surface area contributed by atoms with Gasteiger partial charge < -0.3 is 16.0 Å². The first-order valence-electron chi connectivity index (χ1n) is 5.17. The number of hydrogen-bond acceptors (Lipinski definition) is 3. The van der Waals surface area contributed by atoms with Crippen molar-refractivity contribution in [3.63, 3.8) is 0 Å². The van der Waals surface area contributed by atoms with E-state index in [-0.39, 0.29) is 5.66 Å². The molecule has 3 heteroatoms. The van der Waals surface area contributed by atoms with E-state index in [0.29, 0.717) is 12.0 Å². The maximum atomic E-state index is 3.38. The highest BCUT2D eigenvalue weighted by atomic mass is 15.3. The maximum Gasteiger partial charge on any atom is 0.0889 e. The van der Waals surface area contributed by atoms with E-state index in [1.807, 2.05) is 21.1 Å². The Hall–Kier alpha value is -0.120. The van der Waals surface area contributed by atoms with E-state index in [4.69, 9.17) is 0 Å². The maximum absolute atomic E-state index is 3.38. The summed E-state index contributed by atoms with van der Waals surface area (Å²) in [6, 6.07) is 0.574. The van der Waals surface area contributed by atoms with Crippen LogP contribution >= 0.6 is 0 Å². The van der Waals surface area contributed by atoms with Crippen LogP contribution in [-0.4, -0.2) is 32.8 Å². The Morgan fingerprint density at radius 3 is 1.92 bits per heavy atom. The lowest BCUT2D eigenvalue weighted by Crippen LogP contribution is -2.47. The largest absolute Gasteiger partial charge is 0.314 e. The summed E-state index contributed by atoms with van der Waals surface area (Å²) >= 11 is 0. The third kappa shape index (κ3) is 1.73. The van der Waals surface area contributed by atoms with Crippen molar-refractivity contribution in [2.45, 2.75) is 32.0 Å². The lowest BCUT2D eigenvalue weighted by atomic mass is 10.1. The Morgan fingerprint density at radius 1 is 1.15 bits per heavy atom. The van der Waals surface area contributed by atoms with Crippen molar-refractivity contribution in [3.05, 3.63) is 0 Å². The summed E-state index contributed by atoms with van der Waals surface area (Å²) in [6.45, 7) is 4.56. The molecule has 0 aromatic heterocycles. The minimum absolute atomic E-state index is 0.138. The normalized spacial score (nSPS) is 30.9. The first-order valence-corrected chi connectivity index (χ1v) is 5.17. The van der Waals surface area contributed by atoms with Crippen LogP contribution in [0.25, 0.3) is 0 Å². The van der Waals surface area contributed by atoms with Gasteiger partial charge in [0.05, 0.1) is 5.66 Å². The van der Waals surface area contributed by atoms with Gasteiger partial charge in [-0.15, -0.1) is 0 Å². The number of rotatable bonds is 5. The standard InChI is InChI=1S/C10H23N3/c1-7(2)6-8-9(11-3)10(8,12-4)13-5/h7-9,11-13H,6H2,1-5H3. The minimum atomic E-state index is 0.138. The van der Waals surface area contributed by atoms with E-state index in [1.54, 1.807) is 0 Å². The molecule has 3 N–H and O–H groups in total. The van der Waals surface area contributed by atoms with Crippen molar-refractivity contribution >= 4 is 0 Å². The number of hydrogen-bond donors (Lipinski definition) is 3. The smallest absolute Gasteiger partial charge is 0.0889 e. The topological polar surface area (TPSA) is 36.1 Å². The van der Waals surface area contributed by atoms with Gasteiger partial charge >= 0.3 is 0 Å². The van der Waals surface area contributed by atoms with Gasteiger partial charge in [0.25, 0.3) is 0 Å². The molecule has 1 aliphatic rings. The highest BCUT2D eigenvalue weighted by molar-refractivity contribution is 5.19. The van der Waals surface area contributed by atoms with Crippen LogP contribution in [0.3, 0.4) is 0 Å². The van der Waals surface area contributed by atoms with Crippen molar-refractivity contribution in [3.8, 4) is 0 Å². The van der Waals surface area contributed by atoms with Gasteiger partial charge in [-0.05, 0) is 33.5 Å². The zero-order chi connectivity index (χ0) is 10.1. The Kier molecular flexibility index (Phi) is 3.33. The second-order valence-corrected chi connectivity index (χ2v) is 4.37. The Labute approximate surface area is 81.7 Å². The van der Waals surface area contributed by atoms with Crippen LogP contribution in [-0.2, 0) is 0 Å². The molecule has 0 bridgehead atoms. The molecule has 1 fully saturated rings. The molecule has 0 aromatic carbocycles. The van der Waals surface area contributed by atoms with Crippen LogP contribution in [0.5, 0.6) is 0 Å². The van der Waals surface area contributed by atoms with E-state index in [2.05, 4.69) is 29.8 Å². The van der Waals surface area contributed by atoms with Crippen molar-refractivity contribution in [1.29, 1.82) is 0 Å². The van der Waals surface area contributed by atoms with Gasteiger partial charge in [0.1, 0.15) is 0 Å². The number of nitrogens with one attached hydrogen (secondary N) is 3. The van der Waals surface area contributed by atoms with Crippen molar-refractivity contribution in [2.75, 3.05) is 21.1 Å². The Balaban J connectivity index is 2.56. The van der Waals surface area contributed by atoms with Gasteiger partial charge in [-0.25, -0.2) is 0 Å². The monoisotopic (exact) mass is 185 g/mol. The molecular weight excluding hydrogens is 162 g/mol. The Bertz CT molecular complexity index is 164. The molecule has 3 nitrogen and oxygen atoms in total. The van der Waals surface area contributed by atoms with Crippen molar-refractivity contribution in [2.24, 2.45) is 11.8 Å². The summed E-state index contributed by atoms with van der Waals surface area (Å²) in [5, 5.41) is 10.1. The fourth-order valence-corrected chi connectivity index (χ4v) is 2.53. The molecule has 1 aliphatic carbocycles. The molecule has 0 aliphatic heterocycles. The van der Waals surface area contributed by atoms with Gasteiger partial charge in [0.2, 0.25) is 0 Å². The zero-order valence-corrected chi connectivity index (χ0v) is 9.44. The van der Waals surface area contributed by atoms with Crippen molar-refractivity contribution in [1.82, 2.24) is 16.0 Å². The first kappa shape index (κ1) is 11.0. The second-order valence-electron chi connectivity index (χ2n) is 4.37. The molecular formula is C10H23N3.